The van der Waals surface area contributed by atoms with Gasteiger partial charge in [0, 0.05) is 38.8 Å². The Labute approximate surface area is 101 Å². The van der Waals surface area contributed by atoms with Crippen LogP contribution in [-0.2, 0) is 0 Å². The first-order valence-electron chi connectivity index (χ1n) is 6.58. The lowest BCUT2D eigenvalue weighted by molar-refractivity contribution is 0.0653. The maximum atomic E-state index is 3.46. The van der Waals surface area contributed by atoms with Gasteiger partial charge in [-0.25, -0.2) is 0 Å². The number of nitrogens with zero attached hydrogens (tertiary/aromatic N) is 2. The summed E-state index contributed by atoms with van der Waals surface area (Å²) in [6.07, 6.45) is 0. The Bertz CT molecular complexity index is 203. The molecule has 1 aliphatic heterocycles. The van der Waals surface area contributed by atoms with E-state index in [2.05, 4.69) is 49.9 Å². The molecule has 96 valence electrons. The van der Waals surface area contributed by atoms with Gasteiger partial charge in [-0.1, -0.05) is 20.8 Å². The molecule has 3 nitrogen and oxygen atoms in total. The van der Waals surface area contributed by atoms with E-state index in [1.807, 2.05) is 0 Å². The standard InChI is InChI=1S/C13H29N3/c1-6-14-10-13(3,4)11-16-8-7-15(5)9-12(16)2/h12,14H,6-11H2,1-5H3. The number of nitrogens with one attached hydrogen (secondary N) is 1. The molecule has 1 unspecified atom stereocenters. The summed E-state index contributed by atoms with van der Waals surface area (Å²) < 4.78 is 0. The largest absolute Gasteiger partial charge is 0.316 e. The molecule has 0 aromatic carbocycles. The van der Waals surface area contributed by atoms with Gasteiger partial charge in [-0.05, 0) is 25.9 Å². The minimum atomic E-state index is 0.375. The zero-order valence-electron chi connectivity index (χ0n) is 11.7. The second kappa shape index (κ2) is 5.99. The Hall–Kier alpha value is -0.120. The zero-order valence-corrected chi connectivity index (χ0v) is 11.7. The Morgan fingerprint density at radius 3 is 2.56 bits per heavy atom. The summed E-state index contributed by atoms with van der Waals surface area (Å²) in [6, 6.07) is 0.694. The topological polar surface area (TPSA) is 18.5 Å². The molecule has 16 heavy (non-hydrogen) atoms. The van der Waals surface area contributed by atoms with Crippen molar-refractivity contribution in [2.75, 3.05) is 46.3 Å². The molecule has 0 aromatic rings. The maximum Gasteiger partial charge on any atom is 0.0195 e. The molecule has 0 bridgehead atoms. The molecule has 3 heteroatoms. The fraction of sp³-hybridized carbons (Fsp3) is 1.00. The van der Waals surface area contributed by atoms with Crippen LogP contribution >= 0.6 is 0 Å². The van der Waals surface area contributed by atoms with Crippen LogP contribution in [0.2, 0.25) is 0 Å². The number of piperazine rings is 1. The van der Waals surface area contributed by atoms with Crippen LogP contribution < -0.4 is 5.32 Å². The van der Waals surface area contributed by atoms with E-state index in [9.17, 15) is 0 Å². The summed E-state index contributed by atoms with van der Waals surface area (Å²) >= 11 is 0. The highest BCUT2D eigenvalue weighted by Crippen LogP contribution is 2.19. The molecule has 1 heterocycles. The molecule has 0 radical (unpaired) electrons. The molecule has 1 saturated heterocycles. The highest BCUT2D eigenvalue weighted by molar-refractivity contribution is 4.83. The monoisotopic (exact) mass is 227 g/mol. The van der Waals surface area contributed by atoms with Gasteiger partial charge in [0.25, 0.3) is 0 Å². The predicted octanol–water partition coefficient (Wildman–Crippen LogP) is 1.26. The molecule has 0 aliphatic carbocycles. The maximum absolute atomic E-state index is 3.46. The lowest BCUT2D eigenvalue weighted by Gasteiger charge is -2.42. The van der Waals surface area contributed by atoms with Crippen molar-refractivity contribution in [1.29, 1.82) is 0 Å². The van der Waals surface area contributed by atoms with E-state index in [-0.39, 0.29) is 0 Å². The van der Waals surface area contributed by atoms with Crippen LogP contribution in [0, 0.1) is 5.41 Å². The third-order valence-corrected chi connectivity index (χ3v) is 3.45. The highest BCUT2D eigenvalue weighted by atomic mass is 15.3. The molecule has 0 aromatic heterocycles. The molecule has 1 aliphatic rings. The third-order valence-electron chi connectivity index (χ3n) is 3.45. The van der Waals surface area contributed by atoms with Gasteiger partial charge in [-0.3, -0.25) is 4.90 Å². The van der Waals surface area contributed by atoms with Crippen LogP contribution in [0.3, 0.4) is 0 Å². The van der Waals surface area contributed by atoms with Crippen molar-refractivity contribution in [3.8, 4) is 0 Å². The van der Waals surface area contributed by atoms with Gasteiger partial charge < -0.3 is 10.2 Å². The molecule has 1 fully saturated rings. The van der Waals surface area contributed by atoms with Gasteiger partial charge >= 0.3 is 0 Å². The average Bonchev–Trinajstić information content (AvgIpc) is 2.19. The van der Waals surface area contributed by atoms with E-state index in [1.165, 1.54) is 26.2 Å². The molecule has 1 atom stereocenters. The fourth-order valence-electron chi connectivity index (χ4n) is 2.48. The summed E-state index contributed by atoms with van der Waals surface area (Å²) in [4.78, 5) is 5.07. The van der Waals surface area contributed by atoms with Crippen LogP contribution in [0.15, 0.2) is 0 Å². The summed E-state index contributed by atoms with van der Waals surface area (Å²) in [5, 5.41) is 3.46. The normalized spacial score (nSPS) is 24.9. The number of hydrogen-bond donors (Lipinski definition) is 1. The predicted molar refractivity (Wildman–Crippen MR) is 70.9 cm³/mol. The highest BCUT2D eigenvalue weighted by Gasteiger charge is 2.27. The van der Waals surface area contributed by atoms with Crippen LogP contribution in [0.4, 0.5) is 0 Å². The smallest absolute Gasteiger partial charge is 0.0195 e. The molecule has 1 N–H and O–H groups in total. The Morgan fingerprint density at radius 1 is 1.31 bits per heavy atom. The minimum absolute atomic E-state index is 0.375. The molecular formula is C13H29N3. The number of likely N-dealkylation sites (N-methyl/N-ethyl adjacent to an activating group) is 1. The van der Waals surface area contributed by atoms with E-state index in [1.54, 1.807) is 0 Å². The van der Waals surface area contributed by atoms with Crippen LogP contribution in [0.25, 0.3) is 0 Å². The number of rotatable bonds is 5. The minimum Gasteiger partial charge on any atom is -0.316 e. The summed E-state index contributed by atoms with van der Waals surface area (Å²) in [5.41, 5.74) is 0.375. The lowest BCUT2D eigenvalue weighted by Crippen LogP contribution is -2.54. The van der Waals surface area contributed by atoms with Crippen molar-refractivity contribution < 1.29 is 0 Å². The van der Waals surface area contributed by atoms with Crippen LogP contribution in [-0.4, -0.2) is 62.2 Å². The summed E-state index contributed by atoms with van der Waals surface area (Å²) in [7, 11) is 2.22. The van der Waals surface area contributed by atoms with E-state index in [0.717, 1.165) is 13.1 Å². The molecule has 0 spiro atoms. The van der Waals surface area contributed by atoms with Gasteiger partial charge in [-0.15, -0.1) is 0 Å². The van der Waals surface area contributed by atoms with E-state index >= 15 is 0 Å². The first kappa shape index (κ1) is 13.9. The fourth-order valence-corrected chi connectivity index (χ4v) is 2.48. The molecule has 0 saturated carbocycles. The van der Waals surface area contributed by atoms with Gasteiger partial charge in [0.05, 0.1) is 0 Å². The van der Waals surface area contributed by atoms with Gasteiger partial charge in [-0.2, -0.15) is 0 Å². The van der Waals surface area contributed by atoms with Crippen LogP contribution in [0.1, 0.15) is 27.7 Å². The average molecular weight is 227 g/mol. The second-order valence-electron chi connectivity index (χ2n) is 6.03. The SMILES string of the molecule is CCNCC(C)(C)CN1CCN(C)CC1C. The van der Waals surface area contributed by atoms with Crippen molar-refractivity contribution >= 4 is 0 Å². The van der Waals surface area contributed by atoms with Crippen molar-refractivity contribution in [3.63, 3.8) is 0 Å². The van der Waals surface area contributed by atoms with Crippen molar-refractivity contribution in [2.45, 2.75) is 33.7 Å². The first-order valence-corrected chi connectivity index (χ1v) is 6.58. The van der Waals surface area contributed by atoms with Gasteiger partial charge in [0.2, 0.25) is 0 Å². The summed E-state index contributed by atoms with van der Waals surface area (Å²) in [6.45, 7) is 16.3. The Balaban J connectivity index is 2.40. The molecular weight excluding hydrogens is 198 g/mol. The lowest BCUT2D eigenvalue weighted by atomic mass is 9.91. The zero-order chi connectivity index (χ0) is 12.2. The van der Waals surface area contributed by atoms with Crippen molar-refractivity contribution in [2.24, 2.45) is 5.41 Å². The third kappa shape index (κ3) is 4.40. The summed E-state index contributed by atoms with van der Waals surface area (Å²) in [5.74, 6) is 0. The van der Waals surface area contributed by atoms with E-state index in [0.29, 0.717) is 11.5 Å². The molecule has 0 amide bonds. The van der Waals surface area contributed by atoms with Crippen molar-refractivity contribution in [3.05, 3.63) is 0 Å². The van der Waals surface area contributed by atoms with E-state index in [4.69, 9.17) is 0 Å². The second-order valence-corrected chi connectivity index (χ2v) is 6.03. The van der Waals surface area contributed by atoms with Gasteiger partial charge in [0.15, 0.2) is 0 Å². The van der Waals surface area contributed by atoms with E-state index < -0.39 is 0 Å². The van der Waals surface area contributed by atoms with Gasteiger partial charge in [0.1, 0.15) is 0 Å². The Morgan fingerprint density at radius 2 is 2.00 bits per heavy atom. The Kier molecular flexibility index (Phi) is 5.22. The first-order chi connectivity index (χ1) is 7.44. The number of hydrogen-bond acceptors (Lipinski definition) is 3. The quantitative estimate of drug-likeness (QED) is 0.763. The molecule has 1 rings (SSSR count). The van der Waals surface area contributed by atoms with Crippen molar-refractivity contribution in [1.82, 2.24) is 15.1 Å². The van der Waals surface area contributed by atoms with Crippen LogP contribution in [0.5, 0.6) is 0 Å².